The van der Waals surface area contributed by atoms with Crippen LogP contribution in [0, 0.1) is 0 Å². The summed E-state index contributed by atoms with van der Waals surface area (Å²) in [7, 11) is 0. The van der Waals surface area contributed by atoms with E-state index in [1.807, 2.05) is 18.2 Å². The van der Waals surface area contributed by atoms with Crippen molar-refractivity contribution in [3.05, 3.63) is 34.9 Å². The van der Waals surface area contributed by atoms with Crippen LogP contribution in [0.4, 0.5) is 0 Å². The van der Waals surface area contributed by atoms with Crippen molar-refractivity contribution in [1.82, 2.24) is 5.32 Å². The zero-order chi connectivity index (χ0) is 11.1. The monoisotopic (exact) mass is 226 g/mol. The maximum Gasteiger partial charge on any atom is 0.0438 e. The lowest BCUT2D eigenvalue weighted by atomic mass is 10.1. The molecule has 0 aliphatic rings. The first kappa shape index (κ1) is 12.5. The summed E-state index contributed by atoms with van der Waals surface area (Å²) in [5, 5.41) is 4.27. The van der Waals surface area contributed by atoms with Gasteiger partial charge in [0.15, 0.2) is 0 Å². The highest BCUT2D eigenvalue weighted by molar-refractivity contribution is 6.31. The second kappa shape index (κ2) is 6.83. The molecule has 0 saturated heterocycles. The first-order valence-corrected chi connectivity index (χ1v) is 5.78. The van der Waals surface area contributed by atoms with Crippen molar-refractivity contribution in [3.63, 3.8) is 0 Å². The molecule has 0 saturated carbocycles. The predicted octanol–water partition coefficient (Wildman–Crippen LogP) is 2.21. The van der Waals surface area contributed by atoms with Crippen LogP contribution < -0.4 is 11.1 Å². The Balaban J connectivity index is 2.29. The van der Waals surface area contributed by atoms with Crippen LogP contribution in [-0.4, -0.2) is 19.1 Å². The zero-order valence-electron chi connectivity index (χ0n) is 9.17. The molecular weight excluding hydrogens is 208 g/mol. The van der Waals surface area contributed by atoms with E-state index in [1.54, 1.807) is 0 Å². The van der Waals surface area contributed by atoms with Crippen molar-refractivity contribution in [3.8, 4) is 0 Å². The van der Waals surface area contributed by atoms with Gasteiger partial charge in [-0.15, -0.1) is 0 Å². The molecule has 1 aromatic rings. The van der Waals surface area contributed by atoms with Gasteiger partial charge in [-0.05, 0) is 44.5 Å². The Hall–Kier alpha value is -0.570. The van der Waals surface area contributed by atoms with Crippen molar-refractivity contribution >= 4 is 11.6 Å². The maximum atomic E-state index is 6.05. The Bertz CT molecular complexity index is 289. The zero-order valence-corrected chi connectivity index (χ0v) is 9.93. The molecule has 0 heterocycles. The van der Waals surface area contributed by atoms with E-state index in [4.69, 9.17) is 17.3 Å². The fraction of sp³-hybridized carbons (Fsp3) is 0.500. The minimum Gasteiger partial charge on any atom is -0.330 e. The standard InChI is InChI=1S/C12H19ClN2/c1-10(6-8-14)15-9-7-11-4-2-3-5-12(11)13/h2-5,10,15H,6-9,14H2,1H3. The molecule has 1 rings (SSSR count). The second-order valence-electron chi connectivity index (χ2n) is 3.77. The van der Waals surface area contributed by atoms with E-state index in [2.05, 4.69) is 18.3 Å². The largest absolute Gasteiger partial charge is 0.330 e. The van der Waals surface area contributed by atoms with Crippen molar-refractivity contribution in [2.75, 3.05) is 13.1 Å². The molecule has 84 valence electrons. The number of hydrogen-bond acceptors (Lipinski definition) is 2. The summed E-state index contributed by atoms with van der Waals surface area (Å²) in [6.07, 6.45) is 1.98. The van der Waals surface area contributed by atoms with Crippen LogP contribution in [0.2, 0.25) is 5.02 Å². The van der Waals surface area contributed by atoms with Gasteiger partial charge in [0, 0.05) is 11.1 Å². The van der Waals surface area contributed by atoms with Gasteiger partial charge in [0.2, 0.25) is 0 Å². The van der Waals surface area contributed by atoms with E-state index in [1.165, 1.54) is 5.56 Å². The van der Waals surface area contributed by atoms with Gasteiger partial charge in [0.1, 0.15) is 0 Å². The summed E-state index contributed by atoms with van der Waals surface area (Å²) in [5.74, 6) is 0. The first-order valence-electron chi connectivity index (χ1n) is 5.41. The number of benzene rings is 1. The summed E-state index contributed by atoms with van der Waals surface area (Å²) >= 11 is 6.05. The third-order valence-corrected chi connectivity index (χ3v) is 2.81. The molecule has 0 radical (unpaired) electrons. The molecule has 1 atom stereocenters. The van der Waals surface area contributed by atoms with Crippen molar-refractivity contribution in [2.24, 2.45) is 5.73 Å². The van der Waals surface area contributed by atoms with Crippen LogP contribution in [0.5, 0.6) is 0 Å². The molecule has 3 N–H and O–H groups in total. The minimum absolute atomic E-state index is 0.484. The molecule has 0 aliphatic carbocycles. The molecular formula is C12H19ClN2. The molecule has 1 aromatic carbocycles. The topological polar surface area (TPSA) is 38.0 Å². The van der Waals surface area contributed by atoms with Crippen LogP contribution in [0.15, 0.2) is 24.3 Å². The second-order valence-corrected chi connectivity index (χ2v) is 4.18. The van der Waals surface area contributed by atoms with Gasteiger partial charge in [-0.3, -0.25) is 0 Å². The molecule has 0 aliphatic heterocycles. The summed E-state index contributed by atoms with van der Waals surface area (Å²) in [6.45, 7) is 3.84. The first-order chi connectivity index (χ1) is 7.24. The van der Waals surface area contributed by atoms with E-state index in [0.29, 0.717) is 6.04 Å². The molecule has 3 heteroatoms. The van der Waals surface area contributed by atoms with Crippen molar-refractivity contribution in [2.45, 2.75) is 25.8 Å². The van der Waals surface area contributed by atoms with Gasteiger partial charge in [-0.1, -0.05) is 29.8 Å². The number of rotatable bonds is 6. The van der Waals surface area contributed by atoms with Gasteiger partial charge < -0.3 is 11.1 Å². The normalized spacial score (nSPS) is 12.7. The number of hydrogen-bond donors (Lipinski definition) is 2. The third kappa shape index (κ3) is 4.65. The highest BCUT2D eigenvalue weighted by Gasteiger charge is 2.01. The highest BCUT2D eigenvalue weighted by atomic mass is 35.5. The third-order valence-electron chi connectivity index (χ3n) is 2.44. The fourth-order valence-electron chi connectivity index (χ4n) is 1.51. The summed E-state index contributed by atoms with van der Waals surface area (Å²) in [6, 6.07) is 8.45. The van der Waals surface area contributed by atoms with Crippen LogP contribution >= 0.6 is 11.6 Å². The average molecular weight is 227 g/mol. The Morgan fingerprint density at radius 3 is 2.80 bits per heavy atom. The Morgan fingerprint density at radius 2 is 2.13 bits per heavy atom. The smallest absolute Gasteiger partial charge is 0.0438 e. The van der Waals surface area contributed by atoms with Gasteiger partial charge >= 0.3 is 0 Å². The number of nitrogens with two attached hydrogens (primary N) is 1. The van der Waals surface area contributed by atoms with E-state index >= 15 is 0 Å². The average Bonchev–Trinajstić information content (AvgIpc) is 2.21. The summed E-state index contributed by atoms with van der Waals surface area (Å²) in [4.78, 5) is 0. The fourth-order valence-corrected chi connectivity index (χ4v) is 1.74. The van der Waals surface area contributed by atoms with Gasteiger partial charge in [0.25, 0.3) is 0 Å². The number of nitrogens with one attached hydrogen (secondary N) is 1. The Kier molecular flexibility index (Phi) is 5.69. The van der Waals surface area contributed by atoms with E-state index in [9.17, 15) is 0 Å². The molecule has 0 aromatic heterocycles. The molecule has 0 amide bonds. The Morgan fingerprint density at radius 1 is 1.40 bits per heavy atom. The molecule has 0 bridgehead atoms. The highest BCUT2D eigenvalue weighted by Crippen LogP contribution is 2.14. The van der Waals surface area contributed by atoms with Crippen LogP contribution in [-0.2, 0) is 6.42 Å². The quantitative estimate of drug-likeness (QED) is 0.781. The minimum atomic E-state index is 0.484. The predicted molar refractivity (Wildman–Crippen MR) is 66.3 cm³/mol. The molecule has 0 spiro atoms. The molecule has 15 heavy (non-hydrogen) atoms. The molecule has 0 fully saturated rings. The lowest BCUT2D eigenvalue weighted by molar-refractivity contribution is 0.523. The van der Waals surface area contributed by atoms with Crippen LogP contribution in [0.1, 0.15) is 18.9 Å². The summed E-state index contributed by atoms with van der Waals surface area (Å²) in [5.41, 5.74) is 6.68. The van der Waals surface area contributed by atoms with Gasteiger partial charge in [0.05, 0.1) is 0 Å². The lowest BCUT2D eigenvalue weighted by Crippen LogP contribution is -2.30. The van der Waals surface area contributed by atoms with E-state index < -0.39 is 0 Å². The van der Waals surface area contributed by atoms with Gasteiger partial charge in [-0.2, -0.15) is 0 Å². The Labute approximate surface area is 96.8 Å². The molecule has 1 unspecified atom stereocenters. The van der Waals surface area contributed by atoms with Gasteiger partial charge in [-0.25, -0.2) is 0 Å². The summed E-state index contributed by atoms with van der Waals surface area (Å²) < 4.78 is 0. The molecule has 2 nitrogen and oxygen atoms in total. The maximum absolute atomic E-state index is 6.05. The lowest BCUT2D eigenvalue weighted by Gasteiger charge is -2.12. The van der Waals surface area contributed by atoms with Crippen molar-refractivity contribution in [1.29, 1.82) is 0 Å². The van der Waals surface area contributed by atoms with Crippen molar-refractivity contribution < 1.29 is 0 Å². The van der Waals surface area contributed by atoms with E-state index in [-0.39, 0.29) is 0 Å². The number of halogens is 1. The van der Waals surface area contributed by atoms with E-state index in [0.717, 1.165) is 31.0 Å². The van der Waals surface area contributed by atoms with Crippen LogP contribution in [0.3, 0.4) is 0 Å². The SMILES string of the molecule is CC(CCN)NCCc1ccccc1Cl. The van der Waals surface area contributed by atoms with Crippen LogP contribution in [0.25, 0.3) is 0 Å².